The fraction of sp³-hybridized carbons (Fsp3) is 0.455. The molecular weight excluding hydrogens is 284 g/mol. The largest absolute Gasteiger partial charge is 0.434 e. The number of alkyl halides is 2. The van der Waals surface area contributed by atoms with Crippen molar-refractivity contribution in [2.24, 2.45) is 0 Å². The summed E-state index contributed by atoms with van der Waals surface area (Å²) in [7, 11) is -0.882. The Balaban J connectivity index is 2.61. The average Bonchev–Trinajstić information content (AvgIpc) is 2.27. The van der Waals surface area contributed by atoms with Crippen LogP contribution in [0.15, 0.2) is 18.2 Å². The Hall–Kier alpha value is -0.720. The van der Waals surface area contributed by atoms with Gasteiger partial charge in [-0.15, -0.1) is 0 Å². The van der Waals surface area contributed by atoms with Crippen molar-refractivity contribution in [1.82, 2.24) is 5.32 Å². The lowest BCUT2D eigenvalue weighted by atomic mass is 10.2. The van der Waals surface area contributed by atoms with Crippen LogP contribution in [0.1, 0.15) is 5.56 Å². The zero-order valence-electron chi connectivity index (χ0n) is 9.79. The van der Waals surface area contributed by atoms with Gasteiger partial charge in [-0.05, 0) is 18.2 Å². The molecule has 0 bridgehead atoms. The number of hydrogen-bond donors (Lipinski definition) is 1. The van der Waals surface area contributed by atoms with E-state index in [0.717, 1.165) is 0 Å². The second-order valence-electron chi connectivity index (χ2n) is 3.58. The zero-order valence-corrected chi connectivity index (χ0v) is 11.4. The first-order valence-corrected chi connectivity index (χ1v) is 7.33. The first-order chi connectivity index (χ1) is 8.49. The Morgan fingerprint density at radius 1 is 1.50 bits per heavy atom. The Labute approximate surface area is 112 Å². The molecule has 0 aliphatic rings. The molecule has 0 aliphatic carbocycles. The summed E-state index contributed by atoms with van der Waals surface area (Å²) in [4.78, 5) is 0. The quantitative estimate of drug-likeness (QED) is 0.786. The van der Waals surface area contributed by atoms with Crippen LogP contribution in [-0.4, -0.2) is 29.4 Å². The molecule has 1 aromatic rings. The number of rotatable bonds is 7. The molecule has 0 aliphatic heterocycles. The summed E-state index contributed by atoms with van der Waals surface area (Å²) in [5, 5.41) is 3.45. The third-order valence-corrected chi connectivity index (χ3v) is 3.13. The van der Waals surface area contributed by atoms with Crippen molar-refractivity contribution in [3.63, 3.8) is 0 Å². The van der Waals surface area contributed by atoms with E-state index >= 15 is 0 Å². The van der Waals surface area contributed by atoms with Gasteiger partial charge in [0, 0.05) is 46.5 Å². The number of hydrogen-bond acceptors (Lipinski definition) is 3. The second-order valence-corrected chi connectivity index (χ2v) is 5.58. The molecule has 1 N–H and O–H groups in total. The molecule has 7 heteroatoms. The molecule has 0 aromatic heterocycles. The van der Waals surface area contributed by atoms with Gasteiger partial charge in [0.05, 0.1) is 0 Å². The molecular formula is C11H14ClF2NO2S. The van der Waals surface area contributed by atoms with Gasteiger partial charge in [0.2, 0.25) is 0 Å². The fourth-order valence-corrected chi connectivity index (χ4v) is 1.96. The maximum absolute atomic E-state index is 12.2. The van der Waals surface area contributed by atoms with Crippen LogP contribution in [0.2, 0.25) is 5.02 Å². The van der Waals surface area contributed by atoms with Crippen LogP contribution in [-0.2, 0) is 17.3 Å². The molecule has 3 nitrogen and oxygen atoms in total. The zero-order chi connectivity index (χ0) is 13.5. The van der Waals surface area contributed by atoms with Gasteiger partial charge in [0.15, 0.2) is 0 Å². The van der Waals surface area contributed by atoms with Gasteiger partial charge in [-0.1, -0.05) is 11.6 Å². The molecule has 0 heterocycles. The third kappa shape index (κ3) is 5.75. The molecule has 102 valence electrons. The van der Waals surface area contributed by atoms with E-state index in [1.807, 2.05) is 0 Å². The van der Waals surface area contributed by atoms with Gasteiger partial charge in [0.1, 0.15) is 5.75 Å². The number of halogens is 3. The van der Waals surface area contributed by atoms with Crippen LogP contribution < -0.4 is 10.1 Å². The predicted molar refractivity (Wildman–Crippen MR) is 68.7 cm³/mol. The maximum Gasteiger partial charge on any atom is 0.387 e. The predicted octanol–water partition coefficient (Wildman–Crippen LogP) is 2.41. The van der Waals surface area contributed by atoms with Crippen molar-refractivity contribution in [2.75, 3.05) is 18.6 Å². The smallest absolute Gasteiger partial charge is 0.387 e. The first-order valence-electron chi connectivity index (χ1n) is 5.23. The monoisotopic (exact) mass is 297 g/mol. The van der Waals surface area contributed by atoms with E-state index in [9.17, 15) is 13.0 Å². The second kappa shape index (κ2) is 7.66. The van der Waals surface area contributed by atoms with Crippen molar-refractivity contribution in [1.29, 1.82) is 0 Å². The van der Waals surface area contributed by atoms with Gasteiger partial charge in [0.25, 0.3) is 0 Å². The number of benzene rings is 1. The van der Waals surface area contributed by atoms with E-state index < -0.39 is 17.4 Å². The van der Waals surface area contributed by atoms with E-state index in [2.05, 4.69) is 10.1 Å². The molecule has 18 heavy (non-hydrogen) atoms. The Kier molecular flexibility index (Phi) is 6.52. The number of nitrogens with one attached hydrogen (secondary N) is 1. The third-order valence-electron chi connectivity index (χ3n) is 2.12. The molecule has 0 saturated carbocycles. The standard InChI is InChI=1S/C11H14ClF2NO2S/c1-18(16)5-4-15-7-8-6-9(12)2-3-10(8)17-11(13)14/h2-3,6,11,15H,4-5,7H2,1H3. The first kappa shape index (κ1) is 15.3. The highest BCUT2D eigenvalue weighted by Crippen LogP contribution is 2.24. The summed E-state index contributed by atoms with van der Waals surface area (Å²) in [5.74, 6) is 0.602. The van der Waals surface area contributed by atoms with Crippen molar-refractivity contribution in [2.45, 2.75) is 13.2 Å². The molecule has 0 spiro atoms. The number of ether oxygens (including phenoxy) is 1. The van der Waals surface area contributed by atoms with Crippen molar-refractivity contribution >= 4 is 22.4 Å². The molecule has 1 rings (SSSR count). The Morgan fingerprint density at radius 2 is 2.22 bits per heavy atom. The van der Waals surface area contributed by atoms with E-state index in [1.54, 1.807) is 12.3 Å². The summed E-state index contributed by atoms with van der Waals surface area (Å²) in [6, 6.07) is 4.46. The fourth-order valence-electron chi connectivity index (χ4n) is 1.34. The van der Waals surface area contributed by atoms with Crippen LogP contribution >= 0.6 is 11.6 Å². The summed E-state index contributed by atoms with van der Waals surface area (Å²) in [5.41, 5.74) is 0.546. The minimum Gasteiger partial charge on any atom is -0.434 e. The summed E-state index contributed by atoms with van der Waals surface area (Å²) >= 11 is 5.80. The van der Waals surface area contributed by atoms with E-state index in [1.165, 1.54) is 12.1 Å². The SMILES string of the molecule is CS(=O)CCNCc1cc(Cl)ccc1OC(F)F. The lowest BCUT2D eigenvalue weighted by molar-refractivity contribution is -0.0504. The van der Waals surface area contributed by atoms with Gasteiger partial charge in [-0.3, -0.25) is 4.21 Å². The molecule has 1 unspecified atom stereocenters. The highest BCUT2D eigenvalue weighted by molar-refractivity contribution is 7.84. The average molecular weight is 298 g/mol. The van der Waals surface area contributed by atoms with Crippen molar-refractivity contribution in [3.8, 4) is 5.75 Å². The minimum atomic E-state index is -2.87. The molecule has 0 amide bonds. The summed E-state index contributed by atoms with van der Waals surface area (Å²) in [6.07, 6.45) is 1.60. The van der Waals surface area contributed by atoms with E-state index in [4.69, 9.17) is 11.6 Å². The van der Waals surface area contributed by atoms with E-state index in [0.29, 0.717) is 29.4 Å². The normalized spacial score (nSPS) is 12.7. The molecule has 0 radical (unpaired) electrons. The van der Waals surface area contributed by atoms with Crippen LogP contribution in [0.3, 0.4) is 0 Å². The van der Waals surface area contributed by atoms with Crippen LogP contribution in [0.25, 0.3) is 0 Å². The topological polar surface area (TPSA) is 38.3 Å². The summed E-state index contributed by atoms with van der Waals surface area (Å²) in [6.45, 7) is -2.00. The highest BCUT2D eigenvalue weighted by Gasteiger charge is 2.10. The van der Waals surface area contributed by atoms with Gasteiger partial charge in [-0.25, -0.2) is 0 Å². The van der Waals surface area contributed by atoms with Gasteiger partial charge >= 0.3 is 6.61 Å². The van der Waals surface area contributed by atoms with Crippen LogP contribution in [0, 0.1) is 0 Å². The lowest BCUT2D eigenvalue weighted by Crippen LogP contribution is -2.20. The van der Waals surface area contributed by atoms with E-state index in [-0.39, 0.29) is 5.75 Å². The van der Waals surface area contributed by atoms with Gasteiger partial charge < -0.3 is 10.1 Å². The van der Waals surface area contributed by atoms with Crippen molar-refractivity contribution < 1.29 is 17.7 Å². The maximum atomic E-state index is 12.2. The molecule has 1 atom stereocenters. The summed E-state index contributed by atoms with van der Waals surface area (Å²) < 4.78 is 39.6. The molecule has 1 aromatic carbocycles. The van der Waals surface area contributed by atoms with Crippen LogP contribution in [0.4, 0.5) is 8.78 Å². The lowest BCUT2D eigenvalue weighted by Gasteiger charge is -2.11. The highest BCUT2D eigenvalue weighted by atomic mass is 35.5. The van der Waals surface area contributed by atoms with Gasteiger partial charge in [-0.2, -0.15) is 8.78 Å². The van der Waals surface area contributed by atoms with Crippen LogP contribution in [0.5, 0.6) is 5.75 Å². The molecule has 0 fully saturated rings. The Morgan fingerprint density at radius 3 is 2.83 bits per heavy atom. The van der Waals surface area contributed by atoms with Crippen molar-refractivity contribution in [3.05, 3.63) is 28.8 Å². The molecule has 0 saturated heterocycles. The Bertz CT molecular complexity index is 418. The minimum absolute atomic E-state index is 0.0968.